The molecule has 1 aromatic rings. The second-order valence-electron chi connectivity index (χ2n) is 6.47. The van der Waals surface area contributed by atoms with Crippen molar-refractivity contribution in [1.29, 1.82) is 0 Å². The van der Waals surface area contributed by atoms with Gasteiger partial charge in [-0.25, -0.2) is 0 Å². The molecule has 2 N–H and O–H groups in total. The smallest absolute Gasteiger partial charge is 0.243 e. The van der Waals surface area contributed by atoms with Crippen molar-refractivity contribution in [3.05, 3.63) is 29.8 Å². The van der Waals surface area contributed by atoms with Crippen molar-refractivity contribution in [2.45, 2.75) is 58.0 Å². The Bertz CT molecular complexity index is 550. The van der Waals surface area contributed by atoms with E-state index < -0.39 is 6.04 Å². The van der Waals surface area contributed by atoms with E-state index in [9.17, 15) is 9.59 Å². The Morgan fingerprint density at radius 3 is 2.29 bits per heavy atom. The molecule has 24 heavy (non-hydrogen) atoms. The van der Waals surface area contributed by atoms with Gasteiger partial charge >= 0.3 is 0 Å². The van der Waals surface area contributed by atoms with Gasteiger partial charge in [-0.15, -0.1) is 0 Å². The van der Waals surface area contributed by atoms with Crippen LogP contribution in [0.1, 0.15) is 57.6 Å². The average Bonchev–Trinajstić information content (AvgIpc) is 3.11. The van der Waals surface area contributed by atoms with Gasteiger partial charge in [-0.2, -0.15) is 0 Å². The molecule has 1 aliphatic carbocycles. The van der Waals surface area contributed by atoms with Crippen molar-refractivity contribution in [3.63, 3.8) is 0 Å². The van der Waals surface area contributed by atoms with Crippen molar-refractivity contribution in [2.24, 2.45) is 5.92 Å². The van der Waals surface area contributed by atoms with E-state index in [-0.39, 0.29) is 23.8 Å². The fraction of sp³-hybridized carbons (Fsp3) is 0.579. The average molecular weight is 332 g/mol. The third-order valence-electron chi connectivity index (χ3n) is 4.76. The molecule has 0 spiro atoms. The molecule has 0 saturated heterocycles. The van der Waals surface area contributed by atoms with Crippen LogP contribution < -0.4 is 15.4 Å². The number of hydrogen-bond donors (Lipinski definition) is 2. The van der Waals surface area contributed by atoms with E-state index in [0.717, 1.165) is 43.4 Å². The lowest BCUT2D eigenvalue weighted by Gasteiger charge is -2.26. The summed E-state index contributed by atoms with van der Waals surface area (Å²) in [4.78, 5) is 24.3. The monoisotopic (exact) mass is 332 g/mol. The molecular weight excluding hydrogens is 304 g/mol. The minimum absolute atomic E-state index is 0.0685. The third-order valence-corrected chi connectivity index (χ3v) is 4.76. The van der Waals surface area contributed by atoms with Crippen molar-refractivity contribution < 1.29 is 14.3 Å². The number of benzene rings is 1. The van der Waals surface area contributed by atoms with Crippen LogP contribution in [0.2, 0.25) is 0 Å². The molecule has 0 heterocycles. The van der Waals surface area contributed by atoms with Crippen LogP contribution in [0.25, 0.3) is 0 Å². The normalized spacial score (nSPS) is 17.1. The molecule has 0 aromatic heterocycles. The summed E-state index contributed by atoms with van der Waals surface area (Å²) in [6, 6.07) is 7.23. The number of hydrogen-bond acceptors (Lipinski definition) is 3. The van der Waals surface area contributed by atoms with Crippen molar-refractivity contribution >= 4 is 11.8 Å². The van der Waals surface area contributed by atoms with Gasteiger partial charge in [0.15, 0.2) is 0 Å². The molecule has 0 bridgehead atoms. The lowest BCUT2D eigenvalue weighted by atomic mass is 9.96. The molecule has 2 unspecified atom stereocenters. The van der Waals surface area contributed by atoms with E-state index in [1.54, 1.807) is 7.11 Å². The van der Waals surface area contributed by atoms with Gasteiger partial charge in [0, 0.05) is 6.92 Å². The van der Waals surface area contributed by atoms with E-state index in [1.807, 2.05) is 31.2 Å². The first-order valence-electron chi connectivity index (χ1n) is 8.76. The highest BCUT2D eigenvalue weighted by Gasteiger charge is 2.32. The van der Waals surface area contributed by atoms with Crippen LogP contribution in [0.5, 0.6) is 5.75 Å². The maximum absolute atomic E-state index is 12.8. The number of amides is 2. The highest BCUT2D eigenvalue weighted by molar-refractivity contribution is 5.87. The van der Waals surface area contributed by atoms with E-state index in [1.165, 1.54) is 6.92 Å². The fourth-order valence-electron chi connectivity index (χ4n) is 3.43. The highest BCUT2D eigenvalue weighted by Crippen LogP contribution is 2.28. The van der Waals surface area contributed by atoms with Crippen LogP contribution in [0.3, 0.4) is 0 Å². The van der Waals surface area contributed by atoms with Crippen LogP contribution in [0.4, 0.5) is 0 Å². The van der Waals surface area contributed by atoms with E-state index in [0.29, 0.717) is 0 Å². The SMILES string of the molecule is CCC(NC(=O)C(NC(C)=O)C1CCCC1)c1ccc(OC)cc1. The molecule has 2 amide bonds. The Morgan fingerprint density at radius 2 is 1.79 bits per heavy atom. The highest BCUT2D eigenvalue weighted by atomic mass is 16.5. The quantitative estimate of drug-likeness (QED) is 0.807. The van der Waals surface area contributed by atoms with Gasteiger partial charge in [0.2, 0.25) is 11.8 Å². The minimum Gasteiger partial charge on any atom is -0.497 e. The van der Waals surface area contributed by atoms with Crippen molar-refractivity contribution in [1.82, 2.24) is 10.6 Å². The Hall–Kier alpha value is -2.04. The zero-order valence-electron chi connectivity index (χ0n) is 14.8. The number of ether oxygens (including phenoxy) is 1. The summed E-state index contributed by atoms with van der Waals surface area (Å²) >= 11 is 0. The molecule has 1 saturated carbocycles. The lowest BCUT2D eigenvalue weighted by Crippen LogP contribution is -2.50. The minimum atomic E-state index is -0.433. The second-order valence-corrected chi connectivity index (χ2v) is 6.47. The molecule has 2 atom stereocenters. The molecule has 0 aliphatic heterocycles. The van der Waals surface area contributed by atoms with Gasteiger partial charge in [0.05, 0.1) is 13.2 Å². The molecular formula is C19H28N2O3. The standard InChI is InChI=1S/C19H28N2O3/c1-4-17(14-9-11-16(24-3)12-10-14)21-19(23)18(20-13(2)22)15-7-5-6-8-15/h9-12,15,17-18H,4-8H2,1-3H3,(H,20,22)(H,21,23). The van der Waals surface area contributed by atoms with E-state index in [2.05, 4.69) is 10.6 Å². The Labute approximate surface area is 144 Å². The third kappa shape index (κ3) is 4.73. The van der Waals surface area contributed by atoms with Crippen molar-refractivity contribution in [3.8, 4) is 5.75 Å². The van der Waals surface area contributed by atoms with E-state index in [4.69, 9.17) is 4.74 Å². The van der Waals surface area contributed by atoms with Crippen molar-refractivity contribution in [2.75, 3.05) is 7.11 Å². The largest absolute Gasteiger partial charge is 0.497 e. The number of methoxy groups -OCH3 is 1. The maximum atomic E-state index is 12.8. The molecule has 1 fully saturated rings. The van der Waals surface area contributed by atoms with Gasteiger partial charge in [0.1, 0.15) is 11.8 Å². The van der Waals surface area contributed by atoms with Gasteiger partial charge in [-0.3, -0.25) is 9.59 Å². The number of carbonyl (C=O) groups excluding carboxylic acids is 2. The number of nitrogens with one attached hydrogen (secondary N) is 2. The summed E-state index contributed by atoms with van der Waals surface area (Å²) in [7, 11) is 1.63. The molecule has 5 heteroatoms. The van der Waals surface area contributed by atoms with Gasteiger partial charge in [-0.1, -0.05) is 31.9 Å². The topological polar surface area (TPSA) is 67.4 Å². The molecule has 5 nitrogen and oxygen atoms in total. The number of carbonyl (C=O) groups is 2. The summed E-state index contributed by atoms with van der Waals surface area (Å²) in [6.07, 6.45) is 5.04. The zero-order chi connectivity index (χ0) is 17.5. The van der Waals surface area contributed by atoms with Gasteiger partial charge in [-0.05, 0) is 42.9 Å². The lowest BCUT2D eigenvalue weighted by molar-refractivity contribution is -0.130. The number of rotatable bonds is 7. The molecule has 0 radical (unpaired) electrons. The summed E-state index contributed by atoms with van der Waals surface area (Å²) in [5.74, 6) is 0.795. The van der Waals surface area contributed by atoms with Gasteiger partial charge < -0.3 is 15.4 Å². The summed E-state index contributed by atoms with van der Waals surface area (Å²) in [5, 5.41) is 5.96. The second kappa shape index (κ2) is 8.71. The molecule has 132 valence electrons. The van der Waals surface area contributed by atoms with Gasteiger partial charge in [0.25, 0.3) is 0 Å². The van der Waals surface area contributed by atoms with E-state index >= 15 is 0 Å². The Balaban J connectivity index is 2.08. The first-order chi connectivity index (χ1) is 11.5. The predicted octanol–water partition coefficient (Wildman–Crippen LogP) is 2.96. The maximum Gasteiger partial charge on any atom is 0.243 e. The predicted molar refractivity (Wildman–Crippen MR) is 93.7 cm³/mol. The first-order valence-corrected chi connectivity index (χ1v) is 8.76. The van der Waals surface area contributed by atoms with Crippen LogP contribution in [-0.2, 0) is 9.59 Å². The first kappa shape index (κ1) is 18.3. The molecule has 1 aliphatic rings. The Morgan fingerprint density at radius 1 is 1.17 bits per heavy atom. The van der Waals surface area contributed by atoms with Crippen LogP contribution in [0.15, 0.2) is 24.3 Å². The van der Waals surface area contributed by atoms with Crippen LogP contribution in [-0.4, -0.2) is 25.0 Å². The summed E-state index contributed by atoms with van der Waals surface area (Å²) in [5.41, 5.74) is 1.04. The van der Waals surface area contributed by atoms with Crippen LogP contribution in [0, 0.1) is 5.92 Å². The molecule has 2 rings (SSSR count). The molecule has 1 aromatic carbocycles. The Kier molecular flexibility index (Phi) is 6.64. The fourth-order valence-corrected chi connectivity index (χ4v) is 3.43. The summed E-state index contributed by atoms with van der Waals surface area (Å²) < 4.78 is 5.18. The zero-order valence-corrected chi connectivity index (χ0v) is 14.8. The van der Waals surface area contributed by atoms with Crippen LogP contribution >= 0.6 is 0 Å². The summed E-state index contributed by atoms with van der Waals surface area (Å²) in [6.45, 7) is 3.51.